The second-order valence-corrected chi connectivity index (χ2v) is 7.19. The molecule has 0 unspecified atom stereocenters. The van der Waals surface area contributed by atoms with Crippen LogP contribution in [-0.4, -0.2) is 62.6 Å². The summed E-state index contributed by atoms with van der Waals surface area (Å²) in [4.78, 5) is 40.3. The molecule has 1 spiro atoms. The van der Waals surface area contributed by atoms with Crippen LogP contribution in [-0.2, 0) is 23.1 Å². The number of carbonyl (C=O) groups excluding carboxylic acids is 3. The van der Waals surface area contributed by atoms with Crippen LogP contribution in [0.2, 0.25) is 0 Å². The molecule has 2 fully saturated rings. The zero-order valence-electron chi connectivity index (χ0n) is 16.0. The Hall–Kier alpha value is -2.38. The van der Waals surface area contributed by atoms with E-state index in [-0.39, 0.29) is 17.8 Å². The number of aromatic nitrogens is 2. The molecule has 0 aliphatic carbocycles. The molecular formula is C18H27N5O3. The van der Waals surface area contributed by atoms with Gasteiger partial charge in [0.1, 0.15) is 5.54 Å². The first-order valence-corrected chi connectivity index (χ1v) is 9.20. The molecule has 8 heteroatoms. The monoisotopic (exact) mass is 361 g/mol. The summed E-state index contributed by atoms with van der Waals surface area (Å²) in [6.07, 6.45) is 2.10. The summed E-state index contributed by atoms with van der Waals surface area (Å²) in [5.74, 6) is -0.131. The Kier molecular flexibility index (Phi) is 4.77. The average Bonchev–Trinajstić information content (AvgIpc) is 2.98. The predicted octanol–water partition coefficient (Wildman–Crippen LogP) is 0.902. The van der Waals surface area contributed by atoms with E-state index in [0.717, 1.165) is 17.0 Å². The number of hydrogen-bond acceptors (Lipinski definition) is 4. The number of imide groups is 1. The maximum Gasteiger partial charge on any atom is 0.325 e. The number of hydrogen-bond donors (Lipinski definition) is 1. The molecule has 26 heavy (non-hydrogen) atoms. The van der Waals surface area contributed by atoms with Crippen LogP contribution in [0.25, 0.3) is 0 Å². The SMILES string of the molecule is CCN1C(=O)NC(=O)C12CCN(C(=O)CCc1c(C)nn(C)c1C)CC2. The van der Waals surface area contributed by atoms with Crippen LogP contribution < -0.4 is 5.32 Å². The standard InChI is InChI=1S/C18H27N5O3/c1-5-23-17(26)19-16(25)18(23)8-10-22(11-9-18)15(24)7-6-14-12(2)20-21(4)13(14)3/h5-11H2,1-4H3,(H,19,25,26). The molecule has 142 valence electrons. The number of urea groups is 1. The lowest BCUT2D eigenvalue weighted by molar-refractivity contribution is -0.138. The Balaban J connectivity index is 1.60. The van der Waals surface area contributed by atoms with Crippen molar-refractivity contribution >= 4 is 17.8 Å². The van der Waals surface area contributed by atoms with Crippen LogP contribution >= 0.6 is 0 Å². The molecule has 8 nitrogen and oxygen atoms in total. The van der Waals surface area contributed by atoms with Gasteiger partial charge in [0.05, 0.1) is 5.69 Å². The van der Waals surface area contributed by atoms with Gasteiger partial charge in [-0.1, -0.05) is 0 Å². The predicted molar refractivity (Wildman–Crippen MR) is 95.5 cm³/mol. The maximum absolute atomic E-state index is 12.6. The molecule has 3 rings (SSSR count). The number of likely N-dealkylation sites (tertiary alicyclic amines) is 1. The number of nitrogens with one attached hydrogen (secondary N) is 1. The van der Waals surface area contributed by atoms with Crippen molar-refractivity contribution in [1.82, 2.24) is 24.9 Å². The molecular weight excluding hydrogens is 334 g/mol. The fraction of sp³-hybridized carbons (Fsp3) is 0.667. The molecule has 0 atom stereocenters. The molecule has 2 saturated heterocycles. The largest absolute Gasteiger partial charge is 0.342 e. The minimum absolute atomic E-state index is 0.0929. The normalized spacial score (nSPS) is 19.4. The molecule has 0 saturated carbocycles. The Morgan fingerprint density at radius 2 is 1.88 bits per heavy atom. The summed E-state index contributed by atoms with van der Waals surface area (Å²) in [7, 11) is 1.91. The molecule has 2 aliphatic heterocycles. The number of nitrogens with zero attached hydrogens (tertiary/aromatic N) is 4. The highest BCUT2D eigenvalue weighted by Crippen LogP contribution is 2.33. The summed E-state index contributed by atoms with van der Waals surface area (Å²) in [5, 5.41) is 6.81. The smallest absolute Gasteiger partial charge is 0.325 e. The van der Waals surface area contributed by atoms with Crippen molar-refractivity contribution in [2.24, 2.45) is 7.05 Å². The molecule has 1 aromatic heterocycles. The van der Waals surface area contributed by atoms with Crippen LogP contribution in [0.15, 0.2) is 0 Å². The summed E-state index contributed by atoms with van der Waals surface area (Å²) in [5.41, 5.74) is 2.41. The first-order chi connectivity index (χ1) is 12.3. The van der Waals surface area contributed by atoms with E-state index < -0.39 is 5.54 Å². The minimum Gasteiger partial charge on any atom is -0.342 e. The van der Waals surface area contributed by atoms with E-state index in [1.165, 1.54) is 0 Å². The molecule has 0 radical (unpaired) electrons. The van der Waals surface area contributed by atoms with Gasteiger partial charge in [-0.15, -0.1) is 0 Å². The third kappa shape index (κ3) is 2.87. The zero-order valence-corrected chi connectivity index (χ0v) is 16.0. The number of amides is 4. The van der Waals surface area contributed by atoms with Gasteiger partial charge in [-0.3, -0.25) is 19.6 Å². The highest BCUT2D eigenvalue weighted by molar-refractivity contribution is 6.07. The third-order valence-corrected chi connectivity index (χ3v) is 5.91. The average molecular weight is 361 g/mol. The number of aryl methyl sites for hydroxylation is 2. The van der Waals surface area contributed by atoms with Crippen molar-refractivity contribution in [3.63, 3.8) is 0 Å². The van der Waals surface area contributed by atoms with E-state index in [2.05, 4.69) is 10.4 Å². The van der Waals surface area contributed by atoms with Gasteiger partial charge in [-0.2, -0.15) is 5.10 Å². The second-order valence-electron chi connectivity index (χ2n) is 7.19. The first kappa shape index (κ1) is 18.4. The van der Waals surface area contributed by atoms with E-state index in [4.69, 9.17) is 0 Å². The van der Waals surface area contributed by atoms with Gasteiger partial charge >= 0.3 is 6.03 Å². The van der Waals surface area contributed by atoms with E-state index in [0.29, 0.717) is 45.3 Å². The molecule has 0 aromatic carbocycles. The van der Waals surface area contributed by atoms with Gasteiger partial charge in [-0.25, -0.2) is 4.79 Å². The number of piperidine rings is 1. The van der Waals surface area contributed by atoms with E-state index in [9.17, 15) is 14.4 Å². The lowest BCUT2D eigenvalue weighted by Crippen LogP contribution is -2.57. The number of carbonyl (C=O) groups is 3. The fourth-order valence-electron chi connectivity index (χ4n) is 4.24. The Morgan fingerprint density at radius 1 is 1.23 bits per heavy atom. The summed E-state index contributed by atoms with van der Waals surface area (Å²) in [6, 6.07) is -0.320. The number of rotatable bonds is 4. The van der Waals surface area contributed by atoms with Crippen LogP contribution in [0.5, 0.6) is 0 Å². The maximum atomic E-state index is 12.6. The molecule has 3 heterocycles. The highest BCUT2D eigenvalue weighted by Gasteiger charge is 2.53. The van der Waals surface area contributed by atoms with Crippen molar-refractivity contribution in [2.75, 3.05) is 19.6 Å². The van der Waals surface area contributed by atoms with Gasteiger partial charge in [0.2, 0.25) is 5.91 Å². The van der Waals surface area contributed by atoms with Crippen LogP contribution in [0.4, 0.5) is 4.79 Å². The van der Waals surface area contributed by atoms with Crippen molar-refractivity contribution in [1.29, 1.82) is 0 Å². The lowest BCUT2D eigenvalue weighted by atomic mass is 9.86. The quantitative estimate of drug-likeness (QED) is 0.807. The molecule has 1 aromatic rings. The van der Waals surface area contributed by atoms with Crippen molar-refractivity contribution in [3.8, 4) is 0 Å². The summed E-state index contributed by atoms with van der Waals surface area (Å²) in [6.45, 7) is 7.34. The first-order valence-electron chi connectivity index (χ1n) is 9.20. The van der Waals surface area contributed by atoms with Gasteiger partial charge in [0, 0.05) is 38.8 Å². The molecule has 2 aliphatic rings. The third-order valence-electron chi connectivity index (χ3n) is 5.91. The summed E-state index contributed by atoms with van der Waals surface area (Å²) < 4.78 is 1.84. The van der Waals surface area contributed by atoms with E-state index in [1.54, 1.807) is 4.90 Å². The fourth-order valence-corrected chi connectivity index (χ4v) is 4.24. The van der Waals surface area contributed by atoms with Gasteiger partial charge in [-0.05, 0) is 45.6 Å². The van der Waals surface area contributed by atoms with E-state index >= 15 is 0 Å². The minimum atomic E-state index is -0.779. The van der Waals surface area contributed by atoms with E-state index in [1.807, 2.05) is 37.4 Å². The Bertz CT molecular complexity index is 746. The molecule has 1 N–H and O–H groups in total. The molecule has 4 amide bonds. The van der Waals surface area contributed by atoms with Crippen molar-refractivity contribution in [2.45, 2.75) is 52.0 Å². The second kappa shape index (κ2) is 6.74. The Morgan fingerprint density at radius 3 is 2.42 bits per heavy atom. The lowest BCUT2D eigenvalue weighted by Gasteiger charge is -2.41. The number of likely N-dealkylation sites (N-methyl/N-ethyl adjacent to an activating group) is 1. The van der Waals surface area contributed by atoms with Crippen LogP contribution in [0.1, 0.15) is 43.1 Å². The topological polar surface area (TPSA) is 87.5 Å². The van der Waals surface area contributed by atoms with Gasteiger partial charge < -0.3 is 9.80 Å². The Labute approximate surface area is 153 Å². The van der Waals surface area contributed by atoms with Crippen molar-refractivity contribution in [3.05, 3.63) is 17.0 Å². The van der Waals surface area contributed by atoms with Gasteiger partial charge in [0.15, 0.2) is 0 Å². The molecule has 0 bridgehead atoms. The van der Waals surface area contributed by atoms with Gasteiger partial charge in [0.25, 0.3) is 5.91 Å². The highest BCUT2D eigenvalue weighted by atomic mass is 16.2. The van der Waals surface area contributed by atoms with Crippen LogP contribution in [0.3, 0.4) is 0 Å². The van der Waals surface area contributed by atoms with Crippen molar-refractivity contribution < 1.29 is 14.4 Å². The summed E-state index contributed by atoms with van der Waals surface area (Å²) >= 11 is 0. The van der Waals surface area contributed by atoms with Crippen LogP contribution in [0, 0.1) is 13.8 Å². The zero-order chi connectivity index (χ0) is 19.1.